The van der Waals surface area contributed by atoms with Gasteiger partial charge in [0.1, 0.15) is 6.54 Å². The van der Waals surface area contributed by atoms with Crippen molar-refractivity contribution < 1.29 is 13.2 Å². The van der Waals surface area contributed by atoms with E-state index in [0.29, 0.717) is 6.42 Å². The molecule has 0 spiro atoms. The van der Waals surface area contributed by atoms with Crippen molar-refractivity contribution in [2.45, 2.75) is 23.9 Å². The fourth-order valence-corrected chi connectivity index (χ4v) is 4.10. The van der Waals surface area contributed by atoms with Crippen LogP contribution in [0.4, 0.5) is 0 Å². The molecule has 0 fully saturated rings. The first kappa shape index (κ1) is 22.5. The van der Waals surface area contributed by atoms with Gasteiger partial charge in [0, 0.05) is 26.4 Å². The third kappa shape index (κ3) is 5.68. The van der Waals surface area contributed by atoms with E-state index in [9.17, 15) is 18.0 Å². The molecule has 7 nitrogen and oxygen atoms in total. The second-order valence-corrected chi connectivity index (χ2v) is 9.49. The monoisotopic (exact) mass is 439 g/mol. The van der Waals surface area contributed by atoms with E-state index in [4.69, 9.17) is 0 Å². The standard InChI is InChI=1S/C23H25N3O4S/c1-25(2)31(29,30)20-13-14-23(28)26(16-20)17-22(27)24-21(19-11-7-4-8-12-19)15-18-9-5-3-6-10-18/h3-14,16,21H,15,17H2,1-2H3,(H,24,27). The van der Waals surface area contributed by atoms with Crippen LogP contribution in [0.25, 0.3) is 0 Å². The lowest BCUT2D eigenvalue weighted by Crippen LogP contribution is -2.35. The second-order valence-electron chi connectivity index (χ2n) is 7.34. The van der Waals surface area contributed by atoms with Crippen molar-refractivity contribution in [3.63, 3.8) is 0 Å². The van der Waals surface area contributed by atoms with Crippen molar-refractivity contribution in [1.29, 1.82) is 0 Å². The zero-order valence-corrected chi connectivity index (χ0v) is 18.2. The molecule has 1 N–H and O–H groups in total. The minimum atomic E-state index is -3.72. The SMILES string of the molecule is CN(C)S(=O)(=O)c1ccc(=O)n(CC(=O)NC(Cc2ccccc2)c2ccccc2)c1. The summed E-state index contributed by atoms with van der Waals surface area (Å²) in [7, 11) is -0.900. The number of aromatic nitrogens is 1. The summed E-state index contributed by atoms with van der Waals surface area (Å²) in [6.45, 7) is -0.284. The fourth-order valence-electron chi connectivity index (χ4n) is 3.18. The van der Waals surface area contributed by atoms with E-state index in [2.05, 4.69) is 5.32 Å². The van der Waals surface area contributed by atoms with E-state index >= 15 is 0 Å². The maximum Gasteiger partial charge on any atom is 0.251 e. The Bertz CT molecular complexity index is 1190. The number of hydrogen-bond acceptors (Lipinski definition) is 4. The largest absolute Gasteiger partial charge is 0.347 e. The molecule has 0 aliphatic heterocycles. The van der Waals surface area contributed by atoms with Gasteiger partial charge in [-0.1, -0.05) is 60.7 Å². The second kappa shape index (κ2) is 9.72. The molecule has 1 amide bonds. The maximum absolute atomic E-state index is 12.8. The van der Waals surface area contributed by atoms with Crippen LogP contribution >= 0.6 is 0 Å². The Labute approximate surface area is 182 Å². The van der Waals surface area contributed by atoms with E-state index in [1.165, 1.54) is 26.4 Å². The Morgan fingerprint density at radius 3 is 2.19 bits per heavy atom. The molecule has 3 aromatic rings. The molecule has 0 radical (unpaired) electrons. The summed E-state index contributed by atoms with van der Waals surface area (Å²) >= 11 is 0. The molecule has 8 heteroatoms. The predicted octanol–water partition coefficient (Wildman–Crippen LogP) is 2.20. The topological polar surface area (TPSA) is 88.5 Å². The van der Waals surface area contributed by atoms with E-state index < -0.39 is 15.6 Å². The van der Waals surface area contributed by atoms with Crippen LogP contribution in [0.5, 0.6) is 0 Å². The Morgan fingerprint density at radius 1 is 0.968 bits per heavy atom. The first-order valence-corrected chi connectivity index (χ1v) is 11.2. The van der Waals surface area contributed by atoms with Crippen molar-refractivity contribution in [1.82, 2.24) is 14.2 Å². The fraction of sp³-hybridized carbons (Fsp3) is 0.217. The van der Waals surface area contributed by atoms with Gasteiger partial charge in [0.2, 0.25) is 15.9 Å². The van der Waals surface area contributed by atoms with Crippen LogP contribution < -0.4 is 10.9 Å². The molecule has 0 aliphatic carbocycles. The number of pyridine rings is 1. The highest BCUT2D eigenvalue weighted by Gasteiger charge is 2.20. The number of amides is 1. The quantitative estimate of drug-likeness (QED) is 0.583. The van der Waals surface area contributed by atoms with Gasteiger partial charge in [0.05, 0.1) is 10.9 Å². The molecule has 1 unspecified atom stereocenters. The van der Waals surface area contributed by atoms with E-state index in [-0.39, 0.29) is 23.4 Å². The molecule has 1 heterocycles. The normalized spacial score (nSPS) is 12.5. The van der Waals surface area contributed by atoms with E-state index in [0.717, 1.165) is 26.1 Å². The van der Waals surface area contributed by atoms with Crippen molar-refractivity contribution in [3.05, 3.63) is 100 Å². The molecule has 3 rings (SSSR count). The lowest BCUT2D eigenvalue weighted by molar-refractivity contribution is -0.122. The molecule has 0 saturated carbocycles. The maximum atomic E-state index is 12.8. The molecule has 0 bridgehead atoms. The summed E-state index contributed by atoms with van der Waals surface area (Å²) in [5, 5.41) is 2.98. The molecule has 162 valence electrons. The first-order chi connectivity index (χ1) is 14.8. The van der Waals surface area contributed by atoms with Gasteiger partial charge in [-0.05, 0) is 23.6 Å². The number of sulfonamides is 1. The zero-order valence-electron chi connectivity index (χ0n) is 17.4. The van der Waals surface area contributed by atoms with Crippen LogP contribution in [0.2, 0.25) is 0 Å². The highest BCUT2D eigenvalue weighted by Crippen LogP contribution is 2.18. The third-order valence-corrected chi connectivity index (χ3v) is 6.67. The van der Waals surface area contributed by atoms with E-state index in [1.54, 1.807) is 0 Å². The van der Waals surface area contributed by atoms with Gasteiger partial charge < -0.3 is 9.88 Å². The summed E-state index contributed by atoms with van der Waals surface area (Å²) in [5.74, 6) is -0.383. The van der Waals surface area contributed by atoms with Crippen LogP contribution in [0.3, 0.4) is 0 Å². The zero-order chi connectivity index (χ0) is 22.4. The predicted molar refractivity (Wildman–Crippen MR) is 119 cm³/mol. The first-order valence-electron chi connectivity index (χ1n) is 9.78. The lowest BCUT2D eigenvalue weighted by atomic mass is 9.99. The Morgan fingerprint density at radius 2 is 1.58 bits per heavy atom. The van der Waals surface area contributed by atoms with Gasteiger partial charge in [-0.25, -0.2) is 12.7 Å². The lowest BCUT2D eigenvalue weighted by Gasteiger charge is -2.20. The molecular weight excluding hydrogens is 414 g/mol. The highest BCUT2D eigenvalue weighted by atomic mass is 32.2. The van der Waals surface area contributed by atoms with Crippen LogP contribution in [0.1, 0.15) is 17.2 Å². The number of hydrogen-bond donors (Lipinski definition) is 1. The molecule has 31 heavy (non-hydrogen) atoms. The Hall–Kier alpha value is -3.23. The number of benzene rings is 2. The summed E-state index contributed by atoms with van der Waals surface area (Å²) < 4.78 is 26.9. The smallest absolute Gasteiger partial charge is 0.251 e. The van der Waals surface area contributed by atoms with Gasteiger partial charge in [-0.3, -0.25) is 9.59 Å². The van der Waals surface area contributed by atoms with Gasteiger partial charge in [-0.15, -0.1) is 0 Å². The van der Waals surface area contributed by atoms with Crippen LogP contribution in [0.15, 0.2) is 88.7 Å². The average Bonchev–Trinajstić information content (AvgIpc) is 2.76. The van der Waals surface area contributed by atoms with E-state index in [1.807, 2.05) is 60.7 Å². The summed E-state index contributed by atoms with van der Waals surface area (Å²) in [6, 6.07) is 21.5. The van der Waals surface area contributed by atoms with Crippen LogP contribution in [-0.2, 0) is 27.8 Å². The van der Waals surface area contributed by atoms with Crippen molar-refractivity contribution in [2.75, 3.05) is 14.1 Å². The van der Waals surface area contributed by atoms with Crippen molar-refractivity contribution >= 4 is 15.9 Å². The summed E-state index contributed by atoms with van der Waals surface area (Å²) in [6.07, 6.45) is 1.78. The number of nitrogens with one attached hydrogen (secondary N) is 1. The molecule has 1 atom stereocenters. The number of nitrogens with zero attached hydrogens (tertiary/aromatic N) is 2. The molecular formula is C23H25N3O4S. The molecule has 0 saturated heterocycles. The Balaban J connectivity index is 1.82. The summed E-state index contributed by atoms with van der Waals surface area (Å²) in [4.78, 5) is 25.0. The van der Waals surface area contributed by atoms with Gasteiger partial charge >= 0.3 is 0 Å². The van der Waals surface area contributed by atoms with Gasteiger partial charge in [-0.2, -0.15) is 0 Å². The molecule has 0 aliphatic rings. The number of rotatable bonds is 8. The van der Waals surface area contributed by atoms with Crippen LogP contribution in [-0.4, -0.2) is 37.3 Å². The van der Waals surface area contributed by atoms with Gasteiger partial charge in [0.25, 0.3) is 5.56 Å². The van der Waals surface area contributed by atoms with Crippen molar-refractivity contribution in [3.8, 4) is 0 Å². The minimum Gasteiger partial charge on any atom is -0.347 e. The third-order valence-electron chi connectivity index (χ3n) is 4.87. The highest BCUT2D eigenvalue weighted by molar-refractivity contribution is 7.89. The van der Waals surface area contributed by atoms with Crippen molar-refractivity contribution in [2.24, 2.45) is 0 Å². The molecule has 2 aromatic carbocycles. The van der Waals surface area contributed by atoms with Gasteiger partial charge in [0.15, 0.2) is 0 Å². The number of carbonyl (C=O) groups is 1. The summed E-state index contributed by atoms with van der Waals surface area (Å²) in [5.41, 5.74) is 1.55. The van der Waals surface area contributed by atoms with Crippen LogP contribution in [0, 0.1) is 0 Å². The Kier molecular flexibility index (Phi) is 7.04. The average molecular weight is 440 g/mol. The molecule has 1 aromatic heterocycles. The number of carbonyl (C=O) groups excluding carboxylic acids is 1. The minimum absolute atomic E-state index is 0.0474.